The Balaban J connectivity index is 1.17. The van der Waals surface area contributed by atoms with Crippen LogP contribution in [0, 0.1) is 4.77 Å². The lowest BCUT2D eigenvalue weighted by atomic mass is 10.2. The van der Waals surface area contributed by atoms with Gasteiger partial charge in [0.15, 0.2) is 10.6 Å². The molecule has 1 aliphatic heterocycles. The van der Waals surface area contributed by atoms with E-state index >= 15 is 0 Å². The molecule has 0 N–H and O–H groups in total. The molecule has 0 bridgehead atoms. The van der Waals surface area contributed by atoms with Crippen LogP contribution in [0.25, 0.3) is 22.0 Å². The molecule has 0 unspecified atom stereocenters. The van der Waals surface area contributed by atoms with Crippen LogP contribution in [0.4, 0.5) is 0 Å². The van der Waals surface area contributed by atoms with E-state index in [1.54, 1.807) is 30.8 Å². The number of aromatic nitrogens is 5. The maximum absolute atomic E-state index is 5.65. The van der Waals surface area contributed by atoms with E-state index in [0.717, 1.165) is 70.9 Å². The molecule has 4 aromatic rings. The standard InChI is InChI=1S/C24H27N7OS2/c1-28-22(18-7-9-25-10-8-18)27-31(24(28)33)17-30-13-11-29(12-14-30)15-20-16-34-23(26-20)19-3-5-21(32-2)6-4-19/h3-10,16H,11-15,17H2,1-2H3. The van der Waals surface area contributed by atoms with Crippen molar-refractivity contribution in [3.63, 3.8) is 0 Å². The van der Waals surface area contributed by atoms with Gasteiger partial charge in [-0.1, -0.05) is 0 Å². The first kappa shape index (κ1) is 22.9. The summed E-state index contributed by atoms with van der Waals surface area (Å²) in [5.74, 6) is 1.72. The number of nitrogens with zero attached hydrogens (tertiary/aromatic N) is 7. The predicted molar refractivity (Wildman–Crippen MR) is 136 cm³/mol. The van der Waals surface area contributed by atoms with Crippen molar-refractivity contribution < 1.29 is 4.74 Å². The van der Waals surface area contributed by atoms with Gasteiger partial charge in [0, 0.05) is 68.7 Å². The second-order valence-corrected chi connectivity index (χ2v) is 9.53. The number of thiazole rings is 1. The average molecular weight is 494 g/mol. The highest BCUT2D eigenvalue weighted by Gasteiger charge is 2.20. The topological polar surface area (TPSA) is 64.2 Å². The molecular weight excluding hydrogens is 466 g/mol. The zero-order chi connectivity index (χ0) is 23.5. The summed E-state index contributed by atoms with van der Waals surface area (Å²) in [6.07, 6.45) is 3.55. The van der Waals surface area contributed by atoms with E-state index in [2.05, 4.69) is 32.3 Å². The Morgan fingerprint density at radius 2 is 1.68 bits per heavy atom. The second-order valence-electron chi connectivity index (χ2n) is 8.31. The SMILES string of the molecule is COc1ccc(-c2nc(CN3CCN(Cn4nc(-c5ccncc5)n(C)c4=S)CC3)cs2)cc1. The van der Waals surface area contributed by atoms with Crippen molar-refractivity contribution in [3.05, 3.63) is 64.6 Å². The van der Waals surface area contributed by atoms with Gasteiger partial charge in [-0.2, -0.15) is 5.10 Å². The predicted octanol–water partition coefficient (Wildman–Crippen LogP) is 3.92. The quantitative estimate of drug-likeness (QED) is 0.362. The van der Waals surface area contributed by atoms with E-state index in [0.29, 0.717) is 6.67 Å². The number of benzene rings is 1. The lowest BCUT2D eigenvalue weighted by Crippen LogP contribution is -2.46. The maximum atomic E-state index is 5.65. The van der Waals surface area contributed by atoms with Gasteiger partial charge in [0.05, 0.1) is 19.5 Å². The van der Waals surface area contributed by atoms with E-state index < -0.39 is 0 Å². The summed E-state index contributed by atoms with van der Waals surface area (Å²) in [6.45, 7) is 5.50. The fourth-order valence-corrected chi connectivity index (χ4v) is 5.09. The zero-order valence-electron chi connectivity index (χ0n) is 19.3. The third-order valence-corrected chi connectivity index (χ3v) is 7.48. The summed E-state index contributed by atoms with van der Waals surface area (Å²) in [5.41, 5.74) is 3.27. The molecule has 8 nitrogen and oxygen atoms in total. The third kappa shape index (κ3) is 4.95. The van der Waals surface area contributed by atoms with Crippen molar-refractivity contribution in [2.75, 3.05) is 33.3 Å². The van der Waals surface area contributed by atoms with E-state index in [1.165, 1.54) is 0 Å². The summed E-state index contributed by atoms with van der Waals surface area (Å²) in [6, 6.07) is 12.0. The Bertz CT molecular complexity index is 1290. The van der Waals surface area contributed by atoms with Crippen LogP contribution < -0.4 is 4.74 Å². The highest BCUT2D eigenvalue weighted by atomic mass is 32.1. The molecule has 1 aromatic carbocycles. The Kier molecular flexibility index (Phi) is 6.82. The summed E-state index contributed by atoms with van der Waals surface area (Å²) < 4.78 is 9.85. The van der Waals surface area contributed by atoms with Gasteiger partial charge < -0.3 is 9.30 Å². The first-order chi connectivity index (χ1) is 16.6. The molecular formula is C24H27N7OS2. The molecule has 4 heterocycles. The van der Waals surface area contributed by atoms with Crippen LogP contribution in [0.5, 0.6) is 5.75 Å². The molecule has 1 aliphatic rings. The number of ether oxygens (including phenoxy) is 1. The Hall–Kier alpha value is -2.92. The summed E-state index contributed by atoms with van der Waals surface area (Å²) in [7, 11) is 3.65. The summed E-state index contributed by atoms with van der Waals surface area (Å²) >= 11 is 7.34. The Morgan fingerprint density at radius 3 is 2.38 bits per heavy atom. The lowest BCUT2D eigenvalue weighted by molar-refractivity contribution is 0.0974. The van der Waals surface area contributed by atoms with Crippen LogP contribution in [0.1, 0.15) is 5.69 Å². The van der Waals surface area contributed by atoms with Gasteiger partial charge in [0.25, 0.3) is 0 Å². The third-order valence-electron chi connectivity index (χ3n) is 6.05. The van der Waals surface area contributed by atoms with Gasteiger partial charge >= 0.3 is 0 Å². The van der Waals surface area contributed by atoms with Crippen LogP contribution in [-0.2, 0) is 20.3 Å². The minimum Gasteiger partial charge on any atom is -0.497 e. The molecule has 0 aliphatic carbocycles. The van der Waals surface area contributed by atoms with Crippen LogP contribution in [-0.4, -0.2) is 67.4 Å². The smallest absolute Gasteiger partial charge is 0.199 e. The summed E-state index contributed by atoms with van der Waals surface area (Å²) in [4.78, 5) is 13.8. The number of pyridine rings is 1. The molecule has 1 saturated heterocycles. The minimum atomic E-state index is 0.698. The number of piperazine rings is 1. The van der Waals surface area contributed by atoms with Crippen molar-refractivity contribution in [1.82, 2.24) is 34.1 Å². The monoisotopic (exact) mass is 493 g/mol. The molecule has 0 atom stereocenters. The van der Waals surface area contributed by atoms with E-state index in [-0.39, 0.29) is 0 Å². The molecule has 0 saturated carbocycles. The van der Waals surface area contributed by atoms with Crippen molar-refractivity contribution >= 4 is 23.6 Å². The van der Waals surface area contributed by atoms with E-state index in [4.69, 9.17) is 27.0 Å². The Morgan fingerprint density at radius 1 is 0.971 bits per heavy atom. The fourth-order valence-electron chi connectivity index (χ4n) is 4.09. The molecule has 10 heteroatoms. The second kappa shape index (κ2) is 10.1. The van der Waals surface area contributed by atoms with Crippen molar-refractivity contribution in [2.45, 2.75) is 13.2 Å². The largest absolute Gasteiger partial charge is 0.497 e. The van der Waals surface area contributed by atoms with Crippen molar-refractivity contribution in [1.29, 1.82) is 0 Å². The molecule has 0 spiro atoms. The molecule has 3 aromatic heterocycles. The van der Waals surface area contributed by atoms with Crippen molar-refractivity contribution in [3.8, 4) is 27.7 Å². The van der Waals surface area contributed by atoms with Crippen LogP contribution >= 0.6 is 23.6 Å². The van der Waals surface area contributed by atoms with E-state index in [1.807, 2.05) is 40.6 Å². The van der Waals surface area contributed by atoms with Crippen LogP contribution in [0.2, 0.25) is 0 Å². The zero-order valence-corrected chi connectivity index (χ0v) is 20.9. The molecule has 0 amide bonds. The first-order valence-electron chi connectivity index (χ1n) is 11.2. The number of hydrogen-bond donors (Lipinski definition) is 0. The summed E-state index contributed by atoms with van der Waals surface area (Å²) in [5, 5.41) is 7.99. The van der Waals surface area contributed by atoms with Gasteiger partial charge in [0.1, 0.15) is 10.8 Å². The van der Waals surface area contributed by atoms with Gasteiger partial charge in [-0.3, -0.25) is 14.8 Å². The highest BCUT2D eigenvalue weighted by molar-refractivity contribution is 7.71. The maximum Gasteiger partial charge on any atom is 0.199 e. The molecule has 0 radical (unpaired) electrons. The Labute approximate surface area is 208 Å². The van der Waals surface area contributed by atoms with Gasteiger partial charge in [-0.05, 0) is 48.6 Å². The van der Waals surface area contributed by atoms with Crippen LogP contribution in [0.15, 0.2) is 54.2 Å². The van der Waals surface area contributed by atoms with Gasteiger partial charge in [0.2, 0.25) is 0 Å². The lowest BCUT2D eigenvalue weighted by Gasteiger charge is -2.34. The number of methoxy groups -OCH3 is 1. The molecule has 34 heavy (non-hydrogen) atoms. The van der Waals surface area contributed by atoms with Gasteiger partial charge in [-0.25, -0.2) is 9.67 Å². The molecule has 1 fully saturated rings. The average Bonchev–Trinajstić information content (AvgIpc) is 3.46. The van der Waals surface area contributed by atoms with Gasteiger partial charge in [-0.15, -0.1) is 11.3 Å². The number of hydrogen-bond acceptors (Lipinski definition) is 8. The minimum absolute atomic E-state index is 0.698. The van der Waals surface area contributed by atoms with E-state index in [9.17, 15) is 0 Å². The first-order valence-corrected chi connectivity index (χ1v) is 12.5. The molecule has 176 valence electrons. The highest BCUT2D eigenvalue weighted by Crippen LogP contribution is 2.26. The van der Waals surface area contributed by atoms with Crippen LogP contribution in [0.3, 0.4) is 0 Å². The van der Waals surface area contributed by atoms with Crippen molar-refractivity contribution in [2.24, 2.45) is 7.05 Å². The number of rotatable bonds is 7. The molecule has 5 rings (SSSR count). The fraction of sp³-hybridized carbons (Fsp3) is 0.333. The normalized spacial score (nSPS) is 15.0.